The molecule has 3 rings (SSSR count). The number of nitrogens with one attached hydrogen (secondary N) is 1. The lowest BCUT2D eigenvalue weighted by Crippen LogP contribution is -2.14. The van der Waals surface area contributed by atoms with Crippen LogP contribution in [0, 0.1) is 5.82 Å². The summed E-state index contributed by atoms with van der Waals surface area (Å²) in [4.78, 5) is 16.2. The minimum atomic E-state index is -0.319. The minimum Gasteiger partial charge on any atom is -0.300 e. The molecule has 23 heavy (non-hydrogen) atoms. The number of benzene rings is 2. The van der Waals surface area contributed by atoms with Gasteiger partial charge in [0.15, 0.2) is 5.82 Å². The number of anilines is 1. The Labute approximate surface area is 141 Å². The van der Waals surface area contributed by atoms with Crippen LogP contribution in [0.4, 0.5) is 9.52 Å². The third kappa shape index (κ3) is 4.12. The van der Waals surface area contributed by atoms with Gasteiger partial charge in [0.1, 0.15) is 5.82 Å². The number of carbonyl (C=O) groups is 1. The Bertz CT molecular complexity index is 818. The van der Waals surface area contributed by atoms with Gasteiger partial charge in [0.2, 0.25) is 11.0 Å². The molecule has 4 nitrogen and oxygen atoms in total. The summed E-state index contributed by atoms with van der Waals surface area (Å²) in [7, 11) is 0. The molecule has 0 aliphatic rings. The largest absolute Gasteiger partial charge is 0.300 e. The molecule has 0 fully saturated rings. The number of rotatable bonds is 4. The van der Waals surface area contributed by atoms with Crippen molar-refractivity contribution in [1.82, 2.24) is 9.36 Å². The maximum Gasteiger partial charge on any atom is 0.230 e. The maximum atomic E-state index is 12.9. The molecule has 7 heteroatoms. The van der Waals surface area contributed by atoms with Crippen LogP contribution in [-0.2, 0) is 11.2 Å². The van der Waals surface area contributed by atoms with Gasteiger partial charge in [-0.2, -0.15) is 9.36 Å². The predicted octanol–water partition coefficient (Wildman–Crippen LogP) is 4.18. The number of nitrogens with zero attached hydrogens (tertiary/aromatic N) is 2. The number of hydrogen-bond donors (Lipinski definition) is 1. The highest BCUT2D eigenvalue weighted by Gasteiger charge is 2.10. The van der Waals surface area contributed by atoms with Crippen molar-refractivity contribution in [3.05, 3.63) is 64.9 Å². The molecule has 1 N–H and O–H groups in total. The summed E-state index contributed by atoms with van der Waals surface area (Å²) in [5, 5.41) is 3.74. The molecular weight excluding hydrogens is 337 g/mol. The third-order valence-electron chi connectivity index (χ3n) is 3.05. The summed E-state index contributed by atoms with van der Waals surface area (Å²) >= 11 is 6.89. The number of amides is 1. The van der Waals surface area contributed by atoms with E-state index in [4.69, 9.17) is 11.6 Å². The maximum absolute atomic E-state index is 12.9. The van der Waals surface area contributed by atoms with Crippen molar-refractivity contribution < 1.29 is 9.18 Å². The standard InChI is InChI=1S/C16H11ClFN3OS/c17-12-5-1-10(2-6-12)9-14(22)19-16-20-15(21-23-16)11-3-7-13(18)8-4-11/h1-8H,9H2,(H,19,20,21,22). The second-order valence-corrected chi connectivity index (χ2v) is 5.97. The van der Waals surface area contributed by atoms with E-state index in [1.165, 1.54) is 12.1 Å². The van der Waals surface area contributed by atoms with E-state index in [-0.39, 0.29) is 18.1 Å². The molecule has 0 aliphatic heterocycles. The number of hydrogen-bond acceptors (Lipinski definition) is 4. The third-order valence-corrected chi connectivity index (χ3v) is 3.94. The summed E-state index contributed by atoms with van der Waals surface area (Å²) in [6, 6.07) is 12.9. The Morgan fingerprint density at radius 1 is 1.13 bits per heavy atom. The van der Waals surface area contributed by atoms with Crippen molar-refractivity contribution in [3.8, 4) is 11.4 Å². The number of aromatic nitrogens is 2. The first kappa shape index (κ1) is 15.6. The zero-order valence-corrected chi connectivity index (χ0v) is 13.4. The lowest BCUT2D eigenvalue weighted by atomic mass is 10.1. The van der Waals surface area contributed by atoms with Crippen LogP contribution in [0.3, 0.4) is 0 Å². The van der Waals surface area contributed by atoms with Crippen molar-refractivity contribution in [3.63, 3.8) is 0 Å². The van der Waals surface area contributed by atoms with Gasteiger partial charge in [-0.05, 0) is 42.0 Å². The summed E-state index contributed by atoms with van der Waals surface area (Å²) in [6.45, 7) is 0. The number of carbonyl (C=O) groups excluding carboxylic acids is 1. The van der Waals surface area contributed by atoms with E-state index in [1.54, 1.807) is 36.4 Å². The van der Waals surface area contributed by atoms with Gasteiger partial charge in [0.05, 0.1) is 6.42 Å². The fourth-order valence-corrected chi connectivity index (χ4v) is 2.67. The summed E-state index contributed by atoms with van der Waals surface area (Å²) in [6.07, 6.45) is 0.225. The van der Waals surface area contributed by atoms with Gasteiger partial charge in [-0.1, -0.05) is 23.7 Å². The SMILES string of the molecule is O=C(Cc1ccc(Cl)cc1)Nc1nc(-c2ccc(F)cc2)ns1. The van der Waals surface area contributed by atoms with Crippen molar-refractivity contribution in [2.75, 3.05) is 5.32 Å². The Kier molecular flexibility index (Phi) is 4.64. The van der Waals surface area contributed by atoms with Gasteiger partial charge in [0, 0.05) is 22.1 Å². The van der Waals surface area contributed by atoms with E-state index in [2.05, 4.69) is 14.7 Å². The molecular formula is C16H11ClFN3OS. The molecule has 0 unspecified atom stereocenters. The van der Waals surface area contributed by atoms with Gasteiger partial charge in [-0.25, -0.2) is 4.39 Å². The van der Waals surface area contributed by atoms with Crippen molar-refractivity contribution in [2.24, 2.45) is 0 Å². The zero-order chi connectivity index (χ0) is 16.2. The van der Waals surface area contributed by atoms with E-state index in [0.29, 0.717) is 21.5 Å². The van der Waals surface area contributed by atoms with Crippen molar-refractivity contribution in [2.45, 2.75) is 6.42 Å². The van der Waals surface area contributed by atoms with Crippen LogP contribution in [0.1, 0.15) is 5.56 Å². The first-order chi connectivity index (χ1) is 11.1. The van der Waals surface area contributed by atoms with E-state index in [1.807, 2.05) is 0 Å². The minimum absolute atomic E-state index is 0.186. The summed E-state index contributed by atoms with van der Waals surface area (Å²) < 4.78 is 17.1. The number of halogens is 2. The van der Waals surface area contributed by atoms with Crippen LogP contribution in [0.25, 0.3) is 11.4 Å². The fourth-order valence-electron chi connectivity index (χ4n) is 1.94. The van der Waals surface area contributed by atoms with Crippen LogP contribution in [-0.4, -0.2) is 15.3 Å². The molecule has 0 aliphatic carbocycles. The molecule has 0 radical (unpaired) electrons. The van der Waals surface area contributed by atoms with Gasteiger partial charge in [-0.15, -0.1) is 0 Å². The molecule has 3 aromatic rings. The molecule has 0 atom stereocenters. The molecule has 0 saturated heterocycles. The van der Waals surface area contributed by atoms with Crippen molar-refractivity contribution >= 4 is 34.2 Å². The lowest BCUT2D eigenvalue weighted by molar-refractivity contribution is -0.115. The van der Waals surface area contributed by atoms with Crippen LogP contribution in [0.5, 0.6) is 0 Å². The van der Waals surface area contributed by atoms with Gasteiger partial charge in [-0.3, -0.25) is 4.79 Å². The Morgan fingerprint density at radius 3 is 2.52 bits per heavy atom. The monoisotopic (exact) mass is 347 g/mol. The summed E-state index contributed by atoms with van der Waals surface area (Å²) in [5.74, 6) is -0.0496. The van der Waals surface area contributed by atoms with Gasteiger partial charge in [0.25, 0.3) is 0 Å². The molecule has 116 valence electrons. The van der Waals surface area contributed by atoms with E-state index >= 15 is 0 Å². The van der Waals surface area contributed by atoms with Crippen LogP contribution in [0.2, 0.25) is 5.02 Å². The predicted molar refractivity (Wildman–Crippen MR) is 89.1 cm³/mol. The smallest absolute Gasteiger partial charge is 0.230 e. The molecule has 0 spiro atoms. The van der Waals surface area contributed by atoms with Crippen LogP contribution >= 0.6 is 23.1 Å². The Morgan fingerprint density at radius 2 is 1.83 bits per heavy atom. The topological polar surface area (TPSA) is 54.9 Å². The van der Waals surface area contributed by atoms with E-state index in [0.717, 1.165) is 17.1 Å². The van der Waals surface area contributed by atoms with E-state index in [9.17, 15) is 9.18 Å². The Balaban J connectivity index is 1.65. The Hall–Kier alpha value is -2.31. The lowest BCUT2D eigenvalue weighted by Gasteiger charge is -2.01. The van der Waals surface area contributed by atoms with E-state index < -0.39 is 0 Å². The normalized spacial score (nSPS) is 10.5. The zero-order valence-electron chi connectivity index (χ0n) is 11.8. The molecule has 0 bridgehead atoms. The highest BCUT2D eigenvalue weighted by Crippen LogP contribution is 2.21. The average molecular weight is 348 g/mol. The molecule has 0 saturated carbocycles. The quantitative estimate of drug-likeness (QED) is 0.770. The molecule has 2 aromatic carbocycles. The van der Waals surface area contributed by atoms with Gasteiger partial charge >= 0.3 is 0 Å². The highest BCUT2D eigenvalue weighted by molar-refractivity contribution is 7.10. The molecule has 1 heterocycles. The molecule has 1 aromatic heterocycles. The van der Waals surface area contributed by atoms with Crippen molar-refractivity contribution in [1.29, 1.82) is 0 Å². The summed E-state index contributed by atoms with van der Waals surface area (Å²) in [5.41, 5.74) is 1.55. The highest BCUT2D eigenvalue weighted by atomic mass is 35.5. The first-order valence-corrected chi connectivity index (χ1v) is 7.89. The fraction of sp³-hybridized carbons (Fsp3) is 0.0625. The first-order valence-electron chi connectivity index (χ1n) is 6.74. The second-order valence-electron chi connectivity index (χ2n) is 4.78. The van der Waals surface area contributed by atoms with Crippen LogP contribution in [0.15, 0.2) is 48.5 Å². The molecule has 1 amide bonds. The average Bonchev–Trinajstić information content (AvgIpc) is 2.98. The van der Waals surface area contributed by atoms with Gasteiger partial charge < -0.3 is 5.32 Å². The second kappa shape index (κ2) is 6.85. The van der Waals surface area contributed by atoms with Crippen LogP contribution < -0.4 is 5.32 Å².